The van der Waals surface area contributed by atoms with E-state index in [1.165, 1.54) is 39.0 Å². The van der Waals surface area contributed by atoms with Crippen molar-refractivity contribution in [2.24, 2.45) is 17.8 Å². The van der Waals surface area contributed by atoms with Gasteiger partial charge in [-0.3, -0.25) is 4.79 Å². The molecule has 2 nitrogen and oxygen atoms in total. The van der Waals surface area contributed by atoms with Crippen LogP contribution in [0, 0.1) is 17.8 Å². The molecule has 80 valence electrons. The molecule has 0 aromatic rings. The molecule has 2 heteroatoms. The van der Waals surface area contributed by atoms with Crippen molar-refractivity contribution >= 4 is 5.97 Å². The molecule has 2 rings (SSSR count). The Kier molecular flexibility index (Phi) is 3.09. The summed E-state index contributed by atoms with van der Waals surface area (Å²) >= 11 is 0. The fourth-order valence-electron chi connectivity index (χ4n) is 3.29. The summed E-state index contributed by atoms with van der Waals surface area (Å²) in [6.07, 6.45) is 8.21. The summed E-state index contributed by atoms with van der Waals surface area (Å²) in [6.45, 7) is 2.11. The second-order valence-electron chi connectivity index (χ2n) is 4.92. The number of rotatable bonds is 4. The molecule has 2 aliphatic carbocycles. The Morgan fingerprint density at radius 2 is 2.21 bits per heavy atom. The third-order valence-electron chi connectivity index (χ3n) is 3.91. The first-order chi connectivity index (χ1) is 6.75. The molecule has 0 amide bonds. The van der Waals surface area contributed by atoms with E-state index >= 15 is 0 Å². The Balaban J connectivity index is 1.60. The summed E-state index contributed by atoms with van der Waals surface area (Å²) in [5.74, 6) is 2.86. The number of esters is 1. The van der Waals surface area contributed by atoms with E-state index in [1.807, 2.05) is 0 Å². The Hall–Kier alpha value is -0.530. The van der Waals surface area contributed by atoms with Gasteiger partial charge in [0.15, 0.2) is 0 Å². The molecular weight excluding hydrogens is 176 g/mol. The summed E-state index contributed by atoms with van der Waals surface area (Å²) in [6, 6.07) is 0. The fraction of sp³-hybridized carbons (Fsp3) is 0.917. The van der Waals surface area contributed by atoms with Crippen molar-refractivity contribution in [2.75, 3.05) is 6.61 Å². The minimum absolute atomic E-state index is 0.141. The summed E-state index contributed by atoms with van der Waals surface area (Å²) in [4.78, 5) is 10.5. The molecule has 2 bridgehead atoms. The lowest BCUT2D eigenvalue weighted by Gasteiger charge is -2.21. The summed E-state index contributed by atoms with van der Waals surface area (Å²) in [7, 11) is 0. The Morgan fingerprint density at radius 1 is 1.36 bits per heavy atom. The van der Waals surface area contributed by atoms with Gasteiger partial charge >= 0.3 is 5.97 Å². The van der Waals surface area contributed by atoms with Crippen molar-refractivity contribution in [3.05, 3.63) is 0 Å². The zero-order chi connectivity index (χ0) is 9.97. The average molecular weight is 196 g/mol. The van der Waals surface area contributed by atoms with Crippen LogP contribution < -0.4 is 0 Å². The van der Waals surface area contributed by atoms with E-state index in [4.69, 9.17) is 4.74 Å². The molecule has 14 heavy (non-hydrogen) atoms. The van der Waals surface area contributed by atoms with Crippen molar-refractivity contribution in [1.82, 2.24) is 0 Å². The SMILES string of the molecule is CC(=O)OCCCC1CC2CCC1C2. The first-order valence-corrected chi connectivity index (χ1v) is 5.89. The summed E-state index contributed by atoms with van der Waals surface area (Å²) in [5, 5.41) is 0. The Bertz CT molecular complexity index is 212. The fourth-order valence-corrected chi connectivity index (χ4v) is 3.29. The maximum Gasteiger partial charge on any atom is 0.302 e. The minimum atomic E-state index is -0.141. The van der Waals surface area contributed by atoms with Crippen LogP contribution in [0.25, 0.3) is 0 Å². The predicted molar refractivity (Wildman–Crippen MR) is 54.8 cm³/mol. The number of hydrogen-bond donors (Lipinski definition) is 0. The van der Waals surface area contributed by atoms with Gasteiger partial charge in [0, 0.05) is 6.92 Å². The van der Waals surface area contributed by atoms with Gasteiger partial charge in [0.2, 0.25) is 0 Å². The number of ether oxygens (including phenoxy) is 1. The largest absolute Gasteiger partial charge is 0.466 e. The van der Waals surface area contributed by atoms with Gasteiger partial charge in [0.05, 0.1) is 6.61 Å². The minimum Gasteiger partial charge on any atom is -0.466 e. The molecule has 2 saturated carbocycles. The van der Waals surface area contributed by atoms with Crippen LogP contribution in [0.15, 0.2) is 0 Å². The molecule has 0 aliphatic heterocycles. The van der Waals surface area contributed by atoms with Gasteiger partial charge in [0.25, 0.3) is 0 Å². The molecule has 0 aromatic carbocycles. The third kappa shape index (κ3) is 2.28. The molecule has 0 N–H and O–H groups in total. The van der Waals surface area contributed by atoms with Gasteiger partial charge < -0.3 is 4.74 Å². The summed E-state index contributed by atoms with van der Waals surface area (Å²) in [5.41, 5.74) is 0. The first-order valence-electron chi connectivity index (χ1n) is 5.89. The molecule has 0 aromatic heterocycles. The Morgan fingerprint density at radius 3 is 2.79 bits per heavy atom. The summed E-state index contributed by atoms with van der Waals surface area (Å²) < 4.78 is 4.94. The maximum absolute atomic E-state index is 10.5. The predicted octanol–water partition coefficient (Wildman–Crippen LogP) is 2.77. The molecular formula is C12H20O2. The maximum atomic E-state index is 10.5. The van der Waals surface area contributed by atoms with Crippen LogP contribution in [-0.2, 0) is 9.53 Å². The van der Waals surface area contributed by atoms with E-state index in [1.54, 1.807) is 0 Å². The second-order valence-corrected chi connectivity index (χ2v) is 4.92. The van der Waals surface area contributed by atoms with Crippen LogP contribution in [0.5, 0.6) is 0 Å². The number of fused-ring (bicyclic) bond motifs is 2. The van der Waals surface area contributed by atoms with Crippen molar-refractivity contribution < 1.29 is 9.53 Å². The van der Waals surface area contributed by atoms with E-state index in [2.05, 4.69) is 0 Å². The molecule has 0 heterocycles. The lowest BCUT2D eigenvalue weighted by Crippen LogP contribution is -2.11. The highest BCUT2D eigenvalue weighted by atomic mass is 16.5. The lowest BCUT2D eigenvalue weighted by atomic mass is 9.86. The van der Waals surface area contributed by atoms with Crippen molar-refractivity contribution in [2.45, 2.75) is 45.4 Å². The standard InChI is InChI=1S/C12H20O2/c1-9(13)14-6-2-3-11-7-10-4-5-12(11)8-10/h10-12H,2-8H2,1H3. The molecule has 0 saturated heterocycles. The zero-order valence-electron chi connectivity index (χ0n) is 9.00. The molecule has 0 spiro atoms. The highest BCUT2D eigenvalue weighted by molar-refractivity contribution is 5.65. The van der Waals surface area contributed by atoms with Gasteiger partial charge in [-0.2, -0.15) is 0 Å². The van der Waals surface area contributed by atoms with E-state index in [0.717, 1.165) is 24.2 Å². The lowest BCUT2D eigenvalue weighted by molar-refractivity contribution is -0.141. The van der Waals surface area contributed by atoms with Crippen LogP contribution in [0.3, 0.4) is 0 Å². The van der Waals surface area contributed by atoms with Crippen LogP contribution in [0.1, 0.15) is 45.4 Å². The van der Waals surface area contributed by atoms with Crippen LogP contribution >= 0.6 is 0 Å². The van der Waals surface area contributed by atoms with Crippen molar-refractivity contribution in [1.29, 1.82) is 0 Å². The van der Waals surface area contributed by atoms with Gasteiger partial charge in [-0.05, 0) is 49.9 Å². The molecule has 3 unspecified atom stereocenters. The topological polar surface area (TPSA) is 26.3 Å². The average Bonchev–Trinajstić information content (AvgIpc) is 2.73. The second kappa shape index (κ2) is 4.33. The van der Waals surface area contributed by atoms with E-state index < -0.39 is 0 Å². The molecule has 3 atom stereocenters. The normalized spacial score (nSPS) is 34.8. The van der Waals surface area contributed by atoms with Crippen molar-refractivity contribution in [3.63, 3.8) is 0 Å². The monoisotopic (exact) mass is 196 g/mol. The zero-order valence-corrected chi connectivity index (χ0v) is 9.00. The van der Waals surface area contributed by atoms with Crippen LogP contribution in [0.4, 0.5) is 0 Å². The van der Waals surface area contributed by atoms with Crippen LogP contribution in [-0.4, -0.2) is 12.6 Å². The first kappa shape index (κ1) is 10.0. The number of carbonyl (C=O) groups excluding carboxylic acids is 1. The van der Waals surface area contributed by atoms with E-state index in [0.29, 0.717) is 6.61 Å². The van der Waals surface area contributed by atoms with Gasteiger partial charge in [0.1, 0.15) is 0 Å². The van der Waals surface area contributed by atoms with E-state index in [9.17, 15) is 4.79 Å². The van der Waals surface area contributed by atoms with Gasteiger partial charge in [-0.1, -0.05) is 6.42 Å². The van der Waals surface area contributed by atoms with Crippen molar-refractivity contribution in [3.8, 4) is 0 Å². The third-order valence-corrected chi connectivity index (χ3v) is 3.91. The quantitative estimate of drug-likeness (QED) is 0.510. The highest BCUT2D eigenvalue weighted by Gasteiger charge is 2.38. The number of hydrogen-bond acceptors (Lipinski definition) is 2. The Labute approximate surface area is 86.0 Å². The highest BCUT2D eigenvalue weighted by Crippen LogP contribution is 2.49. The van der Waals surface area contributed by atoms with Gasteiger partial charge in [-0.15, -0.1) is 0 Å². The molecule has 2 aliphatic rings. The molecule has 2 fully saturated rings. The molecule has 0 radical (unpaired) electrons. The van der Waals surface area contributed by atoms with Gasteiger partial charge in [-0.25, -0.2) is 0 Å². The smallest absolute Gasteiger partial charge is 0.302 e. The number of carbonyl (C=O) groups is 1. The van der Waals surface area contributed by atoms with Crippen LogP contribution in [0.2, 0.25) is 0 Å². The van der Waals surface area contributed by atoms with E-state index in [-0.39, 0.29) is 5.97 Å².